The number of para-hydroxylation sites is 1. The van der Waals surface area contributed by atoms with Crippen molar-refractivity contribution < 1.29 is 19.1 Å². The summed E-state index contributed by atoms with van der Waals surface area (Å²) in [5, 5.41) is 9.04. The average Bonchev–Trinajstić information content (AvgIpc) is 3.42. The predicted molar refractivity (Wildman–Crippen MR) is 224 cm³/mol. The zero-order valence-electron chi connectivity index (χ0n) is 29.4. The van der Waals surface area contributed by atoms with Crippen molar-refractivity contribution >= 4 is 128 Å². The number of thioether (sulfide) groups is 1. The van der Waals surface area contributed by atoms with Gasteiger partial charge in [0.05, 0.1) is 46.4 Å². The average molecular weight is 890 g/mol. The topological polar surface area (TPSA) is 100 Å². The monoisotopic (exact) mass is 886 g/mol. The van der Waals surface area contributed by atoms with Crippen LogP contribution >= 0.6 is 93.0 Å². The van der Waals surface area contributed by atoms with Crippen molar-refractivity contribution in [2.45, 2.75) is 69.1 Å². The minimum absolute atomic E-state index is 0.0378. The molecular weight excluding hydrogens is 857 g/mol. The van der Waals surface area contributed by atoms with Gasteiger partial charge in [-0.25, -0.2) is 0 Å². The number of hydrogen-bond donors (Lipinski definition) is 2. The quantitative estimate of drug-likeness (QED) is 0.115. The van der Waals surface area contributed by atoms with Crippen LogP contribution in [0.15, 0.2) is 70.7 Å². The molecule has 0 aliphatic carbocycles. The van der Waals surface area contributed by atoms with Gasteiger partial charge in [-0.3, -0.25) is 14.4 Å². The summed E-state index contributed by atoms with van der Waals surface area (Å²) in [6.07, 6.45) is 0.394. The minimum Gasteiger partial charge on any atom is -0.480 e. The van der Waals surface area contributed by atoms with Crippen LogP contribution in [-0.2, 0) is 15.0 Å². The molecule has 284 valence electrons. The van der Waals surface area contributed by atoms with Crippen molar-refractivity contribution in [3.63, 3.8) is 0 Å². The van der Waals surface area contributed by atoms with E-state index in [2.05, 4.69) is 42.6 Å². The highest BCUT2D eigenvalue weighted by atomic mass is 35.5. The van der Waals surface area contributed by atoms with E-state index in [1.165, 1.54) is 12.1 Å². The van der Waals surface area contributed by atoms with E-state index in [0.29, 0.717) is 22.8 Å². The second kappa shape index (κ2) is 17.5. The molecule has 54 heavy (non-hydrogen) atoms. The summed E-state index contributed by atoms with van der Waals surface area (Å²) in [6.45, 7) is 10.3. The number of ether oxygens (including phenoxy) is 1. The van der Waals surface area contributed by atoms with Gasteiger partial charge in [-0.2, -0.15) is 5.01 Å². The molecule has 0 spiro atoms. The van der Waals surface area contributed by atoms with Crippen LogP contribution in [0.25, 0.3) is 0 Å². The molecule has 0 aromatic heterocycles. The number of anilines is 2. The van der Waals surface area contributed by atoms with Gasteiger partial charge < -0.3 is 15.4 Å². The van der Waals surface area contributed by atoms with Crippen LogP contribution in [0.2, 0.25) is 35.2 Å². The molecule has 4 aromatic rings. The Bertz CT molecular complexity index is 2130. The number of hydrazone groups is 1. The van der Waals surface area contributed by atoms with E-state index < -0.39 is 29.1 Å². The molecule has 3 amide bonds. The van der Waals surface area contributed by atoms with Crippen molar-refractivity contribution in [1.82, 2.24) is 5.32 Å². The summed E-state index contributed by atoms with van der Waals surface area (Å²) in [5.41, 5.74) is 2.09. The Balaban J connectivity index is 1.49. The van der Waals surface area contributed by atoms with Crippen LogP contribution in [0.4, 0.5) is 11.4 Å². The van der Waals surface area contributed by atoms with Gasteiger partial charge in [0.2, 0.25) is 0 Å². The van der Waals surface area contributed by atoms with Crippen LogP contribution in [0.5, 0.6) is 5.75 Å². The summed E-state index contributed by atoms with van der Waals surface area (Å²) >= 11 is 45.6. The lowest BCUT2D eigenvalue weighted by Gasteiger charge is -2.28. The Labute approximate surface area is 352 Å². The maximum Gasteiger partial charge on any atom is 0.268 e. The molecule has 2 atom stereocenters. The maximum absolute atomic E-state index is 14.3. The third kappa shape index (κ3) is 8.74. The molecule has 2 N–H and O–H groups in total. The van der Waals surface area contributed by atoms with E-state index in [-0.39, 0.29) is 57.7 Å². The molecule has 0 bridgehead atoms. The second-order valence-electron chi connectivity index (χ2n) is 12.8. The number of nitrogens with zero attached hydrogens (tertiary/aromatic N) is 2. The van der Waals surface area contributed by atoms with E-state index >= 15 is 0 Å². The highest BCUT2D eigenvalue weighted by molar-refractivity contribution is 8.01. The van der Waals surface area contributed by atoms with E-state index in [9.17, 15) is 14.4 Å². The first kappa shape index (κ1) is 42.3. The van der Waals surface area contributed by atoms with Crippen LogP contribution in [-0.4, -0.2) is 34.9 Å². The lowest BCUT2D eigenvalue weighted by atomic mass is 9.81. The predicted octanol–water partition coefficient (Wildman–Crippen LogP) is 12.3. The van der Waals surface area contributed by atoms with Crippen LogP contribution < -0.4 is 20.4 Å². The molecule has 0 saturated carbocycles. The number of hydrogen-bond acceptors (Lipinski definition) is 6. The van der Waals surface area contributed by atoms with E-state index in [0.717, 1.165) is 34.3 Å². The third-order valence-corrected chi connectivity index (χ3v) is 12.9. The van der Waals surface area contributed by atoms with E-state index in [1.54, 1.807) is 30.3 Å². The number of carbonyl (C=O) groups is 3. The number of carbonyl (C=O) groups excluding carboxylic acids is 3. The number of nitrogens with one attached hydrogen (secondary N) is 2. The Hall–Kier alpha value is -2.86. The molecule has 1 aliphatic heterocycles. The summed E-state index contributed by atoms with van der Waals surface area (Å²) in [7, 11) is 0. The first-order chi connectivity index (χ1) is 25.5. The summed E-state index contributed by atoms with van der Waals surface area (Å²) in [4.78, 5) is 42.2. The molecular formula is C38H33Cl7N4O4S. The van der Waals surface area contributed by atoms with Gasteiger partial charge in [0.15, 0.2) is 17.2 Å². The summed E-state index contributed by atoms with van der Waals surface area (Å²) in [6, 6.07) is 17.4. The zero-order chi connectivity index (χ0) is 39.6. The van der Waals surface area contributed by atoms with Gasteiger partial charge in [-0.05, 0) is 55.5 Å². The van der Waals surface area contributed by atoms with E-state index in [4.69, 9.17) is 85.9 Å². The fourth-order valence-electron chi connectivity index (χ4n) is 5.42. The first-order valence-electron chi connectivity index (χ1n) is 16.5. The van der Waals surface area contributed by atoms with E-state index in [1.807, 2.05) is 26.0 Å². The van der Waals surface area contributed by atoms with Crippen molar-refractivity contribution in [3.05, 3.63) is 113 Å². The van der Waals surface area contributed by atoms with Crippen molar-refractivity contribution in [1.29, 1.82) is 0 Å². The number of benzene rings is 4. The molecule has 0 fully saturated rings. The molecule has 2 unspecified atom stereocenters. The maximum atomic E-state index is 14.3. The number of amidine groups is 1. The first-order valence-corrected chi connectivity index (χ1v) is 20.1. The largest absolute Gasteiger partial charge is 0.480 e. The standard InChI is InChI=1S/C38H33Cl7N4O4S/c1-6-23(53-24-16-15-18(3)17-19(24)38(4,5)7-2)35(50)46-22-13-8-9-14-25(22)54-33-34(47-36(51)26-20(39)11-10-12-21(26)40)48-49(37(33)52)32-30(44)28(42)27(41)29(43)31(32)45/h8-17,23,33H,6-7H2,1-5H3,(H,46,50)(H,47,48,51). The van der Waals surface area contributed by atoms with Crippen molar-refractivity contribution in [2.75, 3.05) is 10.3 Å². The molecule has 1 heterocycles. The van der Waals surface area contributed by atoms with Crippen molar-refractivity contribution in [2.24, 2.45) is 5.10 Å². The van der Waals surface area contributed by atoms with Gasteiger partial charge in [0.25, 0.3) is 17.7 Å². The molecule has 0 saturated heterocycles. The lowest BCUT2D eigenvalue weighted by molar-refractivity contribution is -0.123. The van der Waals surface area contributed by atoms with Gasteiger partial charge in [-0.15, -0.1) is 16.9 Å². The molecule has 8 nitrogen and oxygen atoms in total. The number of amides is 3. The van der Waals surface area contributed by atoms with Crippen LogP contribution in [0, 0.1) is 6.92 Å². The van der Waals surface area contributed by atoms with Gasteiger partial charge >= 0.3 is 0 Å². The normalized spacial score (nSPS) is 14.9. The number of halogens is 7. The smallest absolute Gasteiger partial charge is 0.268 e. The molecule has 4 aromatic carbocycles. The van der Waals surface area contributed by atoms with Crippen LogP contribution in [0.3, 0.4) is 0 Å². The Kier molecular flexibility index (Phi) is 13.7. The third-order valence-electron chi connectivity index (χ3n) is 8.79. The molecule has 1 aliphatic rings. The highest BCUT2D eigenvalue weighted by Crippen LogP contribution is 2.50. The van der Waals surface area contributed by atoms with Gasteiger partial charge in [0.1, 0.15) is 11.4 Å². The Morgan fingerprint density at radius 2 is 1.48 bits per heavy atom. The van der Waals surface area contributed by atoms with Crippen molar-refractivity contribution in [3.8, 4) is 5.75 Å². The fraction of sp³-hybridized carbons (Fsp3) is 0.263. The second-order valence-corrected chi connectivity index (χ2v) is 16.7. The summed E-state index contributed by atoms with van der Waals surface area (Å²) < 4.78 is 6.37. The summed E-state index contributed by atoms with van der Waals surface area (Å²) in [5.74, 6) is -1.31. The van der Waals surface area contributed by atoms with Crippen LogP contribution in [0.1, 0.15) is 62.0 Å². The van der Waals surface area contributed by atoms with Gasteiger partial charge in [-0.1, -0.05) is 145 Å². The lowest BCUT2D eigenvalue weighted by Crippen LogP contribution is -2.39. The minimum atomic E-state index is -1.22. The highest BCUT2D eigenvalue weighted by Gasteiger charge is 2.42. The Morgan fingerprint density at radius 3 is 2.09 bits per heavy atom. The number of rotatable bonds is 11. The molecule has 16 heteroatoms. The zero-order valence-corrected chi connectivity index (χ0v) is 35.5. The number of aryl methyl sites for hydroxylation is 1. The molecule has 0 radical (unpaired) electrons. The van der Waals surface area contributed by atoms with Gasteiger partial charge in [0, 0.05) is 10.5 Å². The SMILES string of the molecule is CCC(Oc1ccc(C)cc1C(C)(C)CC)C(=O)Nc1ccccc1SC1C(=O)N(c2c(Cl)c(Cl)c(Cl)c(Cl)c2Cl)N=C1NC(=O)c1c(Cl)cccc1Cl. The molecule has 5 rings (SSSR count). The Morgan fingerprint density at radius 1 is 0.870 bits per heavy atom. The fourth-order valence-corrected chi connectivity index (χ4v) is 8.35.